The zero-order valence-electron chi connectivity index (χ0n) is 17.7. The zero-order chi connectivity index (χ0) is 19.8. The van der Waals surface area contributed by atoms with E-state index in [4.69, 9.17) is 14.5 Å². The second-order valence-electron chi connectivity index (χ2n) is 8.02. The predicted molar refractivity (Wildman–Crippen MR) is 117 cm³/mol. The molecule has 1 aromatic heterocycles. The Kier molecular flexibility index (Phi) is 7.96. The molecule has 0 unspecified atom stereocenters. The van der Waals surface area contributed by atoms with E-state index in [1.165, 1.54) is 51.6 Å². The molecule has 1 aromatic rings. The average molecular weight is 385 g/mol. The fourth-order valence-corrected chi connectivity index (χ4v) is 3.85. The van der Waals surface area contributed by atoms with E-state index in [1.807, 2.05) is 25.2 Å². The zero-order valence-corrected chi connectivity index (χ0v) is 17.7. The summed E-state index contributed by atoms with van der Waals surface area (Å²) >= 11 is 0. The Morgan fingerprint density at radius 1 is 1.21 bits per heavy atom. The van der Waals surface area contributed by atoms with Crippen LogP contribution in [0.25, 0.3) is 12.2 Å². The number of hydrogen-bond acceptors (Lipinski definition) is 4. The molecule has 3 rings (SSSR count). The summed E-state index contributed by atoms with van der Waals surface area (Å²) in [7, 11) is 1.70. The highest BCUT2D eigenvalue weighted by Gasteiger charge is 2.22. The van der Waals surface area contributed by atoms with E-state index in [0.717, 1.165) is 47.9 Å². The van der Waals surface area contributed by atoms with Gasteiger partial charge in [-0.1, -0.05) is 50.8 Å². The van der Waals surface area contributed by atoms with Gasteiger partial charge in [0.15, 0.2) is 0 Å². The van der Waals surface area contributed by atoms with Crippen LogP contribution in [0, 0.1) is 5.92 Å². The molecule has 0 atom stereocenters. The maximum absolute atomic E-state index is 6.33. The molecule has 0 aromatic carbocycles. The molecule has 2 fully saturated rings. The van der Waals surface area contributed by atoms with Crippen LogP contribution in [0.15, 0.2) is 12.7 Å². The second kappa shape index (κ2) is 10.7. The summed E-state index contributed by atoms with van der Waals surface area (Å²) in [6, 6.07) is 0. The van der Waals surface area contributed by atoms with Gasteiger partial charge in [0.05, 0.1) is 18.4 Å². The molecule has 1 saturated heterocycles. The first-order valence-electron chi connectivity index (χ1n) is 11.0. The number of unbranched alkanes of at least 4 members (excludes halogenated alkanes) is 2. The van der Waals surface area contributed by atoms with Crippen molar-refractivity contribution < 1.29 is 9.47 Å². The Labute approximate surface area is 170 Å². The monoisotopic (exact) mass is 384 g/mol. The molecule has 0 radical (unpaired) electrons. The summed E-state index contributed by atoms with van der Waals surface area (Å²) in [6.07, 6.45) is 16.1. The molecule has 1 aliphatic carbocycles. The van der Waals surface area contributed by atoms with E-state index >= 15 is 0 Å². The first-order valence-corrected chi connectivity index (χ1v) is 11.0. The van der Waals surface area contributed by atoms with Crippen molar-refractivity contribution >= 4 is 12.2 Å². The van der Waals surface area contributed by atoms with Crippen molar-refractivity contribution in [2.75, 3.05) is 33.4 Å². The molecular weight excluding hydrogens is 348 g/mol. The van der Waals surface area contributed by atoms with Crippen LogP contribution in [0.5, 0.6) is 11.6 Å². The number of methoxy groups -OCH3 is 1. The summed E-state index contributed by atoms with van der Waals surface area (Å²) < 4.78 is 12.0. The van der Waals surface area contributed by atoms with Crippen LogP contribution >= 0.6 is 0 Å². The highest BCUT2D eigenvalue weighted by atomic mass is 16.5. The lowest BCUT2D eigenvalue weighted by Gasteiger charge is -2.30. The van der Waals surface area contributed by atoms with Gasteiger partial charge in [-0.05, 0) is 51.3 Å². The third-order valence-electron chi connectivity index (χ3n) is 5.84. The van der Waals surface area contributed by atoms with Gasteiger partial charge >= 0.3 is 0 Å². The maximum atomic E-state index is 6.33. The van der Waals surface area contributed by atoms with Crippen LogP contribution in [-0.4, -0.2) is 43.2 Å². The number of hydrogen-bond donors (Lipinski definition) is 0. The number of pyridine rings is 1. The number of ether oxygens (including phenoxy) is 2. The molecule has 2 aliphatic rings. The third-order valence-corrected chi connectivity index (χ3v) is 5.84. The largest absolute Gasteiger partial charge is 0.491 e. The number of likely N-dealkylation sites (tertiary alicyclic amines) is 1. The van der Waals surface area contributed by atoms with Crippen molar-refractivity contribution in [1.82, 2.24) is 9.88 Å². The quantitative estimate of drug-likeness (QED) is 0.429. The number of nitrogens with zero attached hydrogens (tertiary/aromatic N) is 2. The van der Waals surface area contributed by atoms with Gasteiger partial charge in [-0.2, -0.15) is 0 Å². The lowest BCUT2D eigenvalue weighted by atomic mass is 10.0. The minimum atomic E-state index is 0.692. The lowest BCUT2D eigenvalue weighted by molar-refractivity contribution is 0.146. The Morgan fingerprint density at radius 3 is 2.64 bits per heavy atom. The molecule has 4 heteroatoms. The minimum absolute atomic E-state index is 0.692. The summed E-state index contributed by atoms with van der Waals surface area (Å²) in [5.41, 5.74) is 2.95. The normalized spacial score (nSPS) is 16.9. The predicted octanol–water partition coefficient (Wildman–Crippen LogP) is 5.36. The molecule has 154 valence electrons. The van der Waals surface area contributed by atoms with Crippen molar-refractivity contribution in [1.29, 1.82) is 0 Å². The number of allylic oxidation sites excluding steroid dienone is 1. The maximum Gasteiger partial charge on any atom is 0.220 e. The summed E-state index contributed by atoms with van der Waals surface area (Å²) in [4.78, 5) is 7.18. The van der Waals surface area contributed by atoms with Gasteiger partial charge in [-0.25, -0.2) is 4.98 Å². The Morgan fingerprint density at radius 2 is 2.04 bits per heavy atom. The smallest absolute Gasteiger partial charge is 0.220 e. The van der Waals surface area contributed by atoms with E-state index in [1.54, 1.807) is 7.11 Å². The molecule has 4 nitrogen and oxygen atoms in total. The van der Waals surface area contributed by atoms with Gasteiger partial charge in [0.1, 0.15) is 12.4 Å². The SMILES string of the molecule is C=Cc1c(/C=C\C)nc(OC)c(CCCCCC2CC2)c1OCCN1CCC1. The van der Waals surface area contributed by atoms with Crippen LogP contribution in [0.1, 0.15) is 68.7 Å². The van der Waals surface area contributed by atoms with E-state index in [9.17, 15) is 0 Å². The summed E-state index contributed by atoms with van der Waals surface area (Å²) in [5.74, 6) is 2.63. The molecule has 0 N–H and O–H groups in total. The van der Waals surface area contributed by atoms with E-state index in [-0.39, 0.29) is 0 Å². The van der Waals surface area contributed by atoms with Crippen LogP contribution in [-0.2, 0) is 6.42 Å². The fourth-order valence-electron chi connectivity index (χ4n) is 3.85. The van der Waals surface area contributed by atoms with Gasteiger partial charge in [0.25, 0.3) is 0 Å². The summed E-state index contributed by atoms with van der Waals surface area (Å²) in [5, 5.41) is 0. The van der Waals surface area contributed by atoms with Crippen LogP contribution < -0.4 is 9.47 Å². The summed E-state index contributed by atoms with van der Waals surface area (Å²) in [6.45, 7) is 10.1. The fraction of sp³-hybridized carbons (Fsp3) is 0.625. The van der Waals surface area contributed by atoms with Crippen molar-refractivity contribution in [2.45, 2.75) is 58.3 Å². The number of aromatic nitrogens is 1. The minimum Gasteiger partial charge on any atom is -0.491 e. The first kappa shape index (κ1) is 20.9. The van der Waals surface area contributed by atoms with Crippen molar-refractivity contribution in [2.24, 2.45) is 5.92 Å². The van der Waals surface area contributed by atoms with Crippen LogP contribution in [0.2, 0.25) is 0 Å². The molecule has 28 heavy (non-hydrogen) atoms. The molecule has 0 spiro atoms. The van der Waals surface area contributed by atoms with E-state index < -0.39 is 0 Å². The van der Waals surface area contributed by atoms with Crippen molar-refractivity contribution in [3.8, 4) is 11.6 Å². The third kappa shape index (κ3) is 5.60. The Bertz CT molecular complexity index is 676. The highest BCUT2D eigenvalue weighted by molar-refractivity contribution is 5.70. The molecule has 0 bridgehead atoms. The van der Waals surface area contributed by atoms with Gasteiger partial charge in [0.2, 0.25) is 5.88 Å². The number of rotatable bonds is 13. The van der Waals surface area contributed by atoms with Crippen LogP contribution in [0.3, 0.4) is 0 Å². The molecular formula is C24H36N2O2. The van der Waals surface area contributed by atoms with E-state index in [0.29, 0.717) is 12.5 Å². The lowest BCUT2D eigenvalue weighted by Crippen LogP contribution is -2.39. The van der Waals surface area contributed by atoms with Gasteiger partial charge in [-0.15, -0.1) is 0 Å². The molecule has 2 heterocycles. The van der Waals surface area contributed by atoms with Gasteiger partial charge < -0.3 is 9.47 Å². The first-order chi connectivity index (χ1) is 13.8. The molecule has 1 aliphatic heterocycles. The standard InChI is InChI=1S/C24H36N2O2/c1-4-10-22-20(5-2)23(28-18-17-26-15-9-16-26)21(24(25-22)27-3)12-8-6-7-11-19-13-14-19/h4-5,10,19H,2,6-9,11-18H2,1,3H3/b10-4-. The van der Waals surface area contributed by atoms with Gasteiger partial charge in [-0.3, -0.25) is 4.90 Å². The van der Waals surface area contributed by atoms with Crippen molar-refractivity contribution in [3.05, 3.63) is 29.5 Å². The second-order valence-corrected chi connectivity index (χ2v) is 8.02. The molecule has 1 saturated carbocycles. The van der Waals surface area contributed by atoms with Crippen LogP contribution in [0.4, 0.5) is 0 Å². The highest BCUT2D eigenvalue weighted by Crippen LogP contribution is 2.37. The average Bonchev–Trinajstić information content (AvgIpc) is 3.48. The Balaban J connectivity index is 1.74. The topological polar surface area (TPSA) is 34.6 Å². The Hall–Kier alpha value is -1.81. The van der Waals surface area contributed by atoms with E-state index in [2.05, 4.69) is 11.5 Å². The van der Waals surface area contributed by atoms with Crippen molar-refractivity contribution in [3.63, 3.8) is 0 Å². The van der Waals surface area contributed by atoms with Gasteiger partial charge in [0, 0.05) is 12.1 Å². The molecule has 0 amide bonds.